The normalized spacial score (nSPS) is 12.6. The summed E-state index contributed by atoms with van der Waals surface area (Å²) in [5.74, 6) is -2.60. The molecule has 1 unspecified atom stereocenters. The van der Waals surface area contributed by atoms with Gasteiger partial charge in [0.1, 0.15) is 17.5 Å². The maximum Gasteiger partial charge on any atom is 0.133 e. The minimum Gasteiger partial charge on any atom is -0.310 e. The zero-order chi connectivity index (χ0) is 13.8. The topological polar surface area (TPSA) is 12.0 Å². The van der Waals surface area contributed by atoms with Crippen molar-refractivity contribution < 1.29 is 13.2 Å². The van der Waals surface area contributed by atoms with Crippen LogP contribution in [0.15, 0.2) is 29.0 Å². The average Bonchev–Trinajstić information content (AvgIpc) is 2.80. The van der Waals surface area contributed by atoms with Gasteiger partial charge in [0.05, 0.1) is 0 Å². The Labute approximate surface area is 114 Å². The molecule has 0 spiro atoms. The van der Waals surface area contributed by atoms with Gasteiger partial charge in [0.2, 0.25) is 0 Å². The first-order valence-corrected chi connectivity index (χ1v) is 6.95. The number of nitrogens with one attached hydrogen (secondary N) is 1. The quantitative estimate of drug-likeness (QED) is 0.873. The molecule has 0 bridgehead atoms. The Hall–Kier alpha value is -1.33. The molecule has 19 heavy (non-hydrogen) atoms. The van der Waals surface area contributed by atoms with E-state index in [4.69, 9.17) is 0 Å². The SMILES string of the molecule is CCNC(Cc1ccsc1)c1c(F)cc(F)cc1F. The number of likely N-dealkylation sites (N-methyl/N-ethyl adjacent to an activating group) is 1. The number of thiophene rings is 1. The average molecular weight is 285 g/mol. The summed E-state index contributed by atoms with van der Waals surface area (Å²) >= 11 is 1.53. The van der Waals surface area contributed by atoms with Crippen molar-refractivity contribution in [2.45, 2.75) is 19.4 Å². The van der Waals surface area contributed by atoms with Crippen molar-refractivity contribution >= 4 is 11.3 Å². The molecule has 2 aromatic rings. The van der Waals surface area contributed by atoms with Crippen LogP contribution in [0.3, 0.4) is 0 Å². The molecule has 1 aromatic heterocycles. The first kappa shape index (κ1) is 14.1. The lowest BCUT2D eigenvalue weighted by Crippen LogP contribution is -2.25. The Balaban J connectivity index is 2.33. The summed E-state index contributed by atoms with van der Waals surface area (Å²) in [6.07, 6.45) is 0.469. The number of hydrogen-bond acceptors (Lipinski definition) is 2. The van der Waals surface area contributed by atoms with Crippen LogP contribution >= 0.6 is 11.3 Å². The molecule has 0 aliphatic rings. The van der Waals surface area contributed by atoms with Crippen LogP contribution in [0.2, 0.25) is 0 Å². The predicted octanol–water partition coefficient (Wildman–Crippen LogP) is 4.06. The zero-order valence-corrected chi connectivity index (χ0v) is 11.2. The molecule has 102 valence electrons. The summed E-state index contributed by atoms with van der Waals surface area (Å²) in [6, 6.07) is 2.85. The fourth-order valence-corrected chi connectivity index (χ4v) is 2.73. The first-order chi connectivity index (χ1) is 9.11. The highest BCUT2D eigenvalue weighted by atomic mass is 32.1. The summed E-state index contributed by atoms with van der Waals surface area (Å²) in [6.45, 7) is 2.44. The van der Waals surface area contributed by atoms with E-state index < -0.39 is 23.5 Å². The van der Waals surface area contributed by atoms with Gasteiger partial charge in [0.25, 0.3) is 0 Å². The van der Waals surface area contributed by atoms with Crippen LogP contribution in [-0.2, 0) is 6.42 Å². The Morgan fingerprint density at radius 2 is 1.89 bits per heavy atom. The van der Waals surface area contributed by atoms with Gasteiger partial charge < -0.3 is 5.32 Å². The molecule has 1 aromatic carbocycles. The molecule has 0 radical (unpaired) electrons. The van der Waals surface area contributed by atoms with E-state index in [2.05, 4.69) is 5.32 Å². The highest BCUT2D eigenvalue weighted by molar-refractivity contribution is 7.07. The molecule has 1 heterocycles. The summed E-state index contributed by atoms with van der Waals surface area (Å²) < 4.78 is 40.5. The summed E-state index contributed by atoms with van der Waals surface area (Å²) in [5, 5.41) is 6.89. The molecule has 1 atom stereocenters. The van der Waals surface area contributed by atoms with Crippen LogP contribution in [0.1, 0.15) is 24.1 Å². The fourth-order valence-electron chi connectivity index (χ4n) is 2.05. The second-order valence-corrected chi connectivity index (χ2v) is 5.01. The standard InChI is InChI=1S/C14H14F3NS/c1-2-18-13(5-9-3-4-19-8-9)14-11(16)6-10(15)7-12(14)17/h3-4,6-8,13,18H,2,5H2,1H3. The number of halogens is 3. The van der Waals surface area contributed by atoms with Gasteiger partial charge in [-0.05, 0) is 35.4 Å². The third-order valence-electron chi connectivity index (χ3n) is 2.86. The van der Waals surface area contributed by atoms with Crippen molar-refractivity contribution in [3.05, 3.63) is 57.5 Å². The van der Waals surface area contributed by atoms with Crippen molar-refractivity contribution in [2.75, 3.05) is 6.54 Å². The van der Waals surface area contributed by atoms with E-state index in [1.807, 2.05) is 23.8 Å². The van der Waals surface area contributed by atoms with Crippen LogP contribution in [0.4, 0.5) is 13.2 Å². The van der Waals surface area contributed by atoms with Gasteiger partial charge in [0, 0.05) is 23.7 Å². The molecule has 1 nitrogen and oxygen atoms in total. The Morgan fingerprint density at radius 1 is 1.21 bits per heavy atom. The Morgan fingerprint density at radius 3 is 2.42 bits per heavy atom. The van der Waals surface area contributed by atoms with E-state index in [0.29, 0.717) is 13.0 Å². The maximum atomic E-state index is 13.8. The molecule has 2 rings (SSSR count). The molecule has 1 N–H and O–H groups in total. The molecular weight excluding hydrogens is 271 g/mol. The molecule has 0 fully saturated rings. The van der Waals surface area contributed by atoms with Gasteiger partial charge in [-0.15, -0.1) is 0 Å². The number of benzene rings is 1. The van der Waals surface area contributed by atoms with Crippen molar-refractivity contribution in [3.8, 4) is 0 Å². The van der Waals surface area contributed by atoms with Crippen LogP contribution in [0.5, 0.6) is 0 Å². The van der Waals surface area contributed by atoms with E-state index in [1.54, 1.807) is 0 Å². The monoisotopic (exact) mass is 285 g/mol. The van der Waals surface area contributed by atoms with E-state index in [9.17, 15) is 13.2 Å². The summed E-state index contributed by atoms with van der Waals surface area (Å²) in [7, 11) is 0. The van der Waals surface area contributed by atoms with Crippen LogP contribution in [0.25, 0.3) is 0 Å². The smallest absolute Gasteiger partial charge is 0.133 e. The van der Waals surface area contributed by atoms with Gasteiger partial charge in [-0.3, -0.25) is 0 Å². The maximum absolute atomic E-state index is 13.8. The van der Waals surface area contributed by atoms with E-state index in [-0.39, 0.29) is 5.56 Å². The van der Waals surface area contributed by atoms with Gasteiger partial charge in [-0.25, -0.2) is 13.2 Å². The van der Waals surface area contributed by atoms with Crippen LogP contribution in [-0.4, -0.2) is 6.54 Å². The molecule has 0 aliphatic heterocycles. The third kappa shape index (κ3) is 3.36. The largest absolute Gasteiger partial charge is 0.310 e. The molecule has 0 amide bonds. The van der Waals surface area contributed by atoms with Crippen LogP contribution < -0.4 is 5.32 Å². The number of hydrogen-bond donors (Lipinski definition) is 1. The van der Waals surface area contributed by atoms with Crippen molar-refractivity contribution in [3.63, 3.8) is 0 Å². The second kappa shape index (κ2) is 6.21. The first-order valence-electron chi connectivity index (χ1n) is 6.00. The molecule has 0 saturated heterocycles. The zero-order valence-electron chi connectivity index (χ0n) is 10.4. The van der Waals surface area contributed by atoms with Gasteiger partial charge in [-0.2, -0.15) is 11.3 Å². The summed E-state index contributed by atoms with van der Waals surface area (Å²) in [5.41, 5.74) is 0.897. The molecule has 0 saturated carbocycles. The van der Waals surface area contributed by atoms with E-state index in [0.717, 1.165) is 17.7 Å². The predicted molar refractivity (Wildman–Crippen MR) is 70.8 cm³/mol. The third-order valence-corrected chi connectivity index (χ3v) is 3.59. The molecule has 0 aliphatic carbocycles. The van der Waals surface area contributed by atoms with Gasteiger partial charge in [-0.1, -0.05) is 6.92 Å². The highest BCUT2D eigenvalue weighted by Crippen LogP contribution is 2.25. The van der Waals surface area contributed by atoms with E-state index in [1.165, 1.54) is 11.3 Å². The molecule has 5 heteroatoms. The van der Waals surface area contributed by atoms with Crippen molar-refractivity contribution in [1.82, 2.24) is 5.32 Å². The van der Waals surface area contributed by atoms with E-state index >= 15 is 0 Å². The fraction of sp³-hybridized carbons (Fsp3) is 0.286. The van der Waals surface area contributed by atoms with Crippen molar-refractivity contribution in [1.29, 1.82) is 0 Å². The van der Waals surface area contributed by atoms with Gasteiger partial charge >= 0.3 is 0 Å². The van der Waals surface area contributed by atoms with Gasteiger partial charge in [0.15, 0.2) is 0 Å². The lowest BCUT2D eigenvalue weighted by atomic mass is 9.99. The minimum atomic E-state index is -0.899. The Kier molecular flexibility index (Phi) is 4.61. The molecular formula is C14H14F3NS. The Bertz CT molecular complexity index is 517. The van der Waals surface area contributed by atoms with Crippen molar-refractivity contribution in [2.24, 2.45) is 0 Å². The highest BCUT2D eigenvalue weighted by Gasteiger charge is 2.21. The number of rotatable bonds is 5. The minimum absolute atomic E-state index is 0.102. The van der Waals surface area contributed by atoms with Crippen LogP contribution in [0, 0.1) is 17.5 Å². The lowest BCUT2D eigenvalue weighted by molar-refractivity contribution is 0.462. The second-order valence-electron chi connectivity index (χ2n) is 4.23. The summed E-state index contributed by atoms with van der Waals surface area (Å²) in [4.78, 5) is 0. The lowest BCUT2D eigenvalue weighted by Gasteiger charge is -2.19.